The molecule has 0 radical (unpaired) electrons. The zero-order valence-corrected chi connectivity index (χ0v) is 15.8. The predicted octanol–water partition coefficient (Wildman–Crippen LogP) is 6.33. The number of aliphatic hydroxyl groups excluding tert-OH is 1. The third-order valence-corrected chi connectivity index (χ3v) is 4.01. The van der Waals surface area contributed by atoms with E-state index in [1.54, 1.807) is 0 Å². The van der Waals surface area contributed by atoms with Crippen molar-refractivity contribution in [3.8, 4) is 0 Å². The number of carboxylic acid groups (broad SMARTS) is 1. The van der Waals surface area contributed by atoms with Crippen LogP contribution >= 0.6 is 0 Å². The van der Waals surface area contributed by atoms with Crippen molar-refractivity contribution in [1.29, 1.82) is 0 Å². The molecule has 0 aromatic heterocycles. The van der Waals surface area contributed by atoms with Crippen LogP contribution in [0.5, 0.6) is 0 Å². The van der Waals surface area contributed by atoms with Gasteiger partial charge < -0.3 is 10.2 Å². The molecule has 3 heteroatoms. The number of aliphatic carboxylic acids is 1. The molecule has 0 aliphatic heterocycles. The zero-order valence-electron chi connectivity index (χ0n) is 15.8. The molecule has 0 aliphatic rings. The van der Waals surface area contributed by atoms with Gasteiger partial charge in [-0.2, -0.15) is 0 Å². The van der Waals surface area contributed by atoms with E-state index in [4.69, 9.17) is 10.2 Å². The monoisotopic (exact) mass is 330 g/mol. The fourth-order valence-electron chi connectivity index (χ4n) is 2.48. The minimum absolute atomic E-state index is 0.337. The summed E-state index contributed by atoms with van der Waals surface area (Å²) in [5.41, 5.74) is 0. The second-order valence-electron chi connectivity index (χ2n) is 6.46. The second-order valence-corrected chi connectivity index (χ2v) is 6.46. The molecule has 0 fully saturated rings. The van der Waals surface area contributed by atoms with E-state index in [2.05, 4.69) is 13.8 Å². The van der Waals surface area contributed by atoms with Gasteiger partial charge in [0.15, 0.2) is 0 Å². The van der Waals surface area contributed by atoms with E-state index in [1.165, 1.54) is 77.0 Å². The first-order valence-corrected chi connectivity index (χ1v) is 10.0. The molecule has 0 aromatic carbocycles. The van der Waals surface area contributed by atoms with E-state index >= 15 is 0 Å². The van der Waals surface area contributed by atoms with Crippen LogP contribution in [0.25, 0.3) is 0 Å². The summed E-state index contributed by atoms with van der Waals surface area (Å²) in [5, 5.41) is 16.8. The third-order valence-electron chi connectivity index (χ3n) is 4.01. The van der Waals surface area contributed by atoms with Crippen LogP contribution in [0.2, 0.25) is 0 Å². The van der Waals surface area contributed by atoms with Crippen molar-refractivity contribution in [2.45, 2.75) is 117 Å². The van der Waals surface area contributed by atoms with Gasteiger partial charge in [0.1, 0.15) is 0 Å². The van der Waals surface area contributed by atoms with E-state index in [1.807, 2.05) is 0 Å². The molecule has 0 heterocycles. The van der Waals surface area contributed by atoms with Crippen LogP contribution in [0.1, 0.15) is 117 Å². The highest BCUT2D eigenvalue weighted by molar-refractivity contribution is 5.66. The summed E-state index contributed by atoms with van der Waals surface area (Å²) < 4.78 is 0. The second kappa shape index (κ2) is 23.7. The smallest absolute Gasteiger partial charge is 0.303 e. The summed E-state index contributed by atoms with van der Waals surface area (Å²) in [6.45, 7) is 4.78. The Labute approximate surface area is 144 Å². The number of rotatable bonds is 16. The molecule has 23 heavy (non-hydrogen) atoms. The quantitative estimate of drug-likeness (QED) is 0.325. The molecule has 0 atom stereocenters. The van der Waals surface area contributed by atoms with E-state index < -0.39 is 5.97 Å². The van der Waals surface area contributed by atoms with Gasteiger partial charge in [-0.15, -0.1) is 0 Å². The van der Waals surface area contributed by atoms with Gasteiger partial charge in [0.05, 0.1) is 0 Å². The zero-order chi connectivity index (χ0) is 17.6. The SMILES string of the molecule is CCCCCCCC(=O)O.CCCCCCCCCCCCO. The van der Waals surface area contributed by atoms with Crippen LogP contribution in [0.3, 0.4) is 0 Å². The van der Waals surface area contributed by atoms with Crippen LogP contribution in [0, 0.1) is 0 Å². The van der Waals surface area contributed by atoms with Crippen molar-refractivity contribution in [3.63, 3.8) is 0 Å². The number of carbonyl (C=O) groups is 1. The standard InChI is InChI=1S/C12H26O.C8H16O2/c1-2-3-4-5-6-7-8-9-10-11-12-13;1-2-3-4-5-6-7-8(9)10/h13H,2-12H2,1H3;2-7H2,1H3,(H,9,10). The molecule has 0 aliphatic carbocycles. The molecule has 0 rings (SSSR count). The lowest BCUT2D eigenvalue weighted by atomic mass is 10.1. The van der Waals surface area contributed by atoms with Crippen molar-refractivity contribution in [2.75, 3.05) is 6.61 Å². The molecular weight excluding hydrogens is 288 g/mol. The van der Waals surface area contributed by atoms with Crippen molar-refractivity contribution < 1.29 is 15.0 Å². The molecule has 0 spiro atoms. The van der Waals surface area contributed by atoms with Crippen LogP contribution in [-0.2, 0) is 4.79 Å². The summed E-state index contributed by atoms with van der Waals surface area (Å²) in [6.07, 6.45) is 19.2. The van der Waals surface area contributed by atoms with Crippen molar-refractivity contribution in [3.05, 3.63) is 0 Å². The Morgan fingerprint density at radius 3 is 1.30 bits per heavy atom. The van der Waals surface area contributed by atoms with Crippen LogP contribution < -0.4 is 0 Å². The average molecular weight is 331 g/mol. The summed E-state index contributed by atoms with van der Waals surface area (Å²) in [5.74, 6) is -0.670. The first-order valence-electron chi connectivity index (χ1n) is 10.0. The number of unbranched alkanes of at least 4 members (excludes halogenated alkanes) is 13. The highest BCUT2D eigenvalue weighted by Gasteiger charge is 1.94. The van der Waals surface area contributed by atoms with Gasteiger partial charge in [-0.1, -0.05) is 97.3 Å². The lowest BCUT2D eigenvalue weighted by molar-refractivity contribution is -0.137. The van der Waals surface area contributed by atoms with Gasteiger partial charge in [-0.25, -0.2) is 0 Å². The largest absolute Gasteiger partial charge is 0.481 e. The minimum atomic E-state index is -0.670. The molecule has 0 saturated carbocycles. The maximum Gasteiger partial charge on any atom is 0.303 e. The van der Waals surface area contributed by atoms with Crippen LogP contribution in [-0.4, -0.2) is 22.8 Å². The van der Waals surface area contributed by atoms with Gasteiger partial charge in [0.25, 0.3) is 0 Å². The first-order chi connectivity index (χ1) is 11.2. The van der Waals surface area contributed by atoms with E-state index in [0.717, 1.165) is 19.3 Å². The van der Waals surface area contributed by atoms with Crippen LogP contribution in [0.4, 0.5) is 0 Å². The van der Waals surface area contributed by atoms with Gasteiger partial charge in [0.2, 0.25) is 0 Å². The summed E-state index contributed by atoms with van der Waals surface area (Å²) in [6, 6.07) is 0. The van der Waals surface area contributed by atoms with Gasteiger partial charge in [0, 0.05) is 13.0 Å². The number of carboxylic acids is 1. The molecule has 0 saturated heterocycles. The maximum atomic E-state index is 10.0. The summed E-state index contributed by atoms with van der Waals surface area (Å²) in [4.78, 5) is 10.0. The third kappa shape index (κ3) is 30.0. The lowest BCUT2D eigenvalue weighted by Gasteiger charge is -2.00. The Morgan fingerprint density at radius 1 is 0.609 bits per heavy atom. The number of hydrogen-bond acceptors (Lipinski definition) is 2. The fraction of sp³-hybridized carbons (Fsp3) is 0.950. The van der Waals surface area contributed by atoms with E-state index in [9.17, 15) is 4.79 Å². The van der Waals surface area contributed by atoms with Gasteiger partial charge in [-0.3, -0.25) is 4.79 Å². The van der Waals surface area contributed by atoms with E-state index in [0.29, 0.717) is 13.0 Å². The molecule has 0 bridgehead atoms. The predicted molar refractivity (Wildman–Crippen MR) is 99.9 cm³/mol. The number of aliphatic hydroxyl groups is 1. The average Bonchev–Trinajstić information content (AvgIpc) is 2.53. The topological polar surface area (TPSA) is 57.5 Å². The fourth-order valence-corrected chi connectivity index (χ4v) is 2.48. The number of hydrogen-bond donors (Lipinski definition) is 2. The Morgan fingerprint density at radius 2 is 0.957 bits per heavy atom. The van der Waals surface area contributed by atoms with Crippen molar-refractivity contribution in [2.24, 2.45) is 0 Å². The molecule has 0 aromatic rings. The molecule has 3 nitrogen and oxygen atoms in total. The lowest BCUT2D eigenvalue weighted by Crippen LogP contribution is -1.93. The van der Waals surface area contributed by atoms with Gasteiger partial charge in [-0.05, 0) is 12.8 Å². The first kappa shape index (κ1) is 24.7. The molecule has 0 amide bonds. The Kier molecular flexibility index (Phi) is 25.4. The summed E-state index contributed by atoms with van der Waals surface area (Å²) >= 11 is 0. The van der Waals surface area contributed by atoms with E-state index in [-0.39, 0.29) is 0 Å². The normalized spacial score (nSPS) is 10.2. The van der Waals surface area contributed by atoms with Gasteiger partial charge >= 0.3 is 5.97 Å². The summed E-state index contributed by atoms with van der Waals surface area (Å²) in [7, 11) is 0. The Bertz CT molecular complexity index is 207. The Hall–Kier alpha value is -0.570. The van der Waals surface area contributed by atoms with Crippen molar-refractivity contribution >= 4 is 5.97 Å². The Balaban J connectivity index is 0. The molecule has 140 valence electrons. The molecule has 0 unspecified atom stereocenters. The minimum Gasteiger partial charge on any atom is -0.481 e. The maximum absolute atomic E-state index is 10.0. The van der Waals surface area contributed by atoms with Crippen LogP contribution in [0.15, 0.2) is 0 Å². The molecular formula is C20H42O3. The molecule has 2 N–H and O–H groups in total. The highest BCUT2D eigenvalue weighted by atomic mass is 16.4. The highest BCUT2D eigenvalue weighted by Crippen LogP contribution is 2.10. The van der Waals surface area contributed by atoms with Crippen molar-refractivity contribution in [1.82, 2.24) is 0 Å².